The minimum absolute atomic E-state index is 0.0288. The van der Waals surface area contributed by atoms with Crippen molar-refractivity contribution in [1.29, 1.82) is 0 Å². The van der Waals surface area contributed by atoms with E-state index in [9.17, 15) is 18.0 Å². The normalized spacial score (nSPS) is 16.9. The van der Waals surface area contributed by atoms with Gasteiger partial charge in [0.15, 0.2) is 0 Å². The van der Waals surface area contributed by atoms with Crippen molar-refractivity contribution in [2.24, 2.45) is 5.92 Å². The first kappa shape index (κ1) is 17.4. The molecule has 0 saturated carbocycles. The van der Waals surface area contributed by atoms with Gasteiger partial charge in [0.05, 0.1) is 4.90 Å². The molecule has 7 nitrogen and oxygen atoms in total. The van der Waals surface area contributed by atoms with Crippen molar-refractivity contribution >= 4 is 27.6 Å². The van der Waals surface area contributed by atoms with Crippen molar-refractivity contribution in [1.82, 2.24) is 4.31 Å². The molecule has 1 fully saturated rings. The van der Waals surface area contributed by atoms with Crippen molar-refractivity contribution in [2.75, 3.05) is 18.4 Å². The van der Waals surface area contributed by atoms with E-state index in [-0.39, 0.29) is 23.1 Å². The van der Waals surface area contributed by atoms with Crippen LogP contribution in [-0.4, -0.2) is 42.8 Å². The van der Waals surface area contributed by atoms with E-state index in [2.05, 4.69) is 5.32 Å². The molecule has 0 bridgehead atoms. The number of aliphatic carboxylic acids is 1. The first-order valence-electron chi connectivity index (χ1n) is 7.38. The third-order valence-corrected chi connectivity index (χ3v) is 5.76. The lowest BCUT2D eigenvalue weighted by molar-refractivity contribution is -0.138. The minimum Gasteiger partial charge on any atom is -0.481 e. The molecule has 1 amide bonds. The van der Waals surface area contributed by atoms with Crippen molar-refractivity contribution < 1.29 is 23.1 Å². The van der Waals surface area contributed by atoms with Crippen LogP contribution in [0.4, 0.5) is 5.69 Å². The van der Waals surface area contributed by atoms with Crippen LogP contribution in [0, 0.1) is 5.92 Å². The largest absolute Gasteiger partial charge is 0.481 e. The average Bonchev–Trinajstić information content (AvgIpc) is 2.47. The van der Waals surface area contributed by atoms with E-state index in [4.69, 9.17) is 5.11 Å². The lowest BCUT2D eigenvalue weighted by Gasteiger charge is -2.30. The molecule has 0 atom stereocenters. The van der Waals surface area contributed by atoms with Gasteiger partial charge in [-0.15, -0.1) is 0 Å². The van der Waals surface area contributed by atoms with Crippen LogP contribution in [0.2, 0.25) is 0 Å². The summed E-state index contributed by atoms with van der Waals surface area (Å²) in [6, 6.07) is 6.02. The summed E-state index contributed by atoms with van der Waals surface area (Å²) in [7, 11) is -3.59. The summed E-state index contributed by atoms with van der Waals surface area (Å²) in [4.78, 5) is 21.9. The van der Waals surface area contributed by atoms with E-state index in [1.54, 1.807) is 12.1 Å². The zero-order valence-electron chi connectivity index (χ0n) is 12.9. The van der Waals surface area contributed by atoms with Gasteiger partial charge in [-0.2, -0.15) is 4.31 Å². The second-order valence-corrected chi connectivity index (χ2v) is 7.59. The highest BCUT2D eigenvalue weighted by Crippen LogP contribution is 2.26. The van der Waals surface area contributed by atoms with Crippen LogP contribution in [0.1, 0.15) is 26.2 Å². The topological polar surface area (TPSA) is 104 Å². The molecule has 2 N–H and O–H groups in total. The maximum absolute atomic E-state index is 12.6. The average molecular weight is 340 g/mol. The maximum Gasteiger partial charge on any atom is 0.303 e. The highest BCUT2D eigenvalue weighted by molar-refractivity contribution is 7.89. The molecule has 1 aliphatic rings. The van der Waals surface area contributed by atoms with Crippen molar-refractivity contribution in [2.45, 2.75) is 31.1 Å². The number of amides is 1. The molecule has 126 valence electrons. The Labute approximate surface area is 135 Å². The summed E-state index contributed by atoms with van der Waals surface area (Å²) in [6.45, 7) is 2.04. The number of anilines is 1. The van der Waals surface area contributed by atoms with E-state index in [1.165, 1.54) is 23.4 Å². The van der Waals surface area contributed by atoms with E-state index >= 15 is 0 Å². The van der Waals surface area contributed by atoms with Crippen LogP contribution < -0.4 is 5.32 Å². The molecule has 0 unspecified atom stereocenters. The zero-order chi connectivity index (χ0) is 17.0. The van der Waals surface area contributed by atoms with Gasteiger partial charge in [0.2, 0.25) is 15.9 Å². The predicted octanol–water partition coefficient (Wildman–Crippen LogP) is 1.52. The van der Waals surface area contributed by atoms with Gasteiger partial charge in [-0.25, -0.2) is 8.42 Å². The number of nitrogens with zero attached hydrogens (tertiary/aromatic N) is 1. The first-order chi connectivity index (χ1) is 10.8. The molecule has 1 aromatic rings. The van der Waals surface area contributed by atoms with E-state index < -0.39 is 16.0 Å². The fourth-order valence-corrected chi connectivity index (χ4v) is 4.13. The molecule has 8 heteroatoms. The Morgan fingerprint density at radius 1 is 1.22 bits per heavy atom. The highest BCUT2D eigenvalue weighted by Gasteiger charge is 2.30. The van der Waals surface area contributed by atoms with Crippen LogP contribution >= 0.6 is 0 Å². The number of nitrogens with one attached hydrogen (secondary N) is 1. The number of carboxylic acid groups (broad SMARTS) is 1. The summed E-state index contributed by atoms with van der Waals surface area (Å²) in [6.07, 6.45) is 1.18. The van der Waals surface area contributed by atoms with Gasteiger partial charge in [-0.05, 0) is 43.0 Å². The number of sulfonamides is 1. The fraction of sp³-hybridized carbons (Fsp3) is 0.467. The molecule has 1 aromatic carbocycles. The van der Waals surface area contributed by atoms with Crippen LogP contribution in [0.5, 0.6) is 0 Å². The lowest BCUT2D eigenvalue weighted by Crippen LogP contribution is -2.38. The van der Waals surface area contributed by atoms with Gasteiger partial charge in [0.25, 0.3) is 0 Å². The van der Waals surface area contributed by atoms with Crippen LogP contribution in [0.15, 0.2) is 29.2 Å². The van der Waals surface area contributed by atoms with Gasteiger partial charge in [-0.1, -0.05) is 0 Å². The SMILES string of the molecule is CC(=O)Nc1ccc(S(=O)(=O)N2CCC(CC(=O)O)CC2)cc1. The maximum atomic E-state index is 12.6. The van der Waals surface area contributed by atoms with Crippen molar-refractivity contribution in [3.63, 3.8) is 0 Å². The number of rotatable bonds is 5. The van der Waals surface area contributed by atoms with Crippen LogP contribution in [0.3, 0.4) is 0 Å². The molecule has 0 aliphatic carbocycles. The molecular weight excluding hydrogens is 320 g/mol. The van der Waals surface area contributed by atoms with Gasteiger partial charge in [0, 0.05) is 32.1 Å². The third-order valence-electron chi connectivity index (χ3n) is 3.85. The summed E-state index contributed by atoms with van der Waals surface area (Å²) in [5.74, 6) is -1.04. The monoisotopic (exact) mass is 340 g/mol. The molecular formula is C15H20N2O5S. The smallest absolute Gasteiger partial charge is 0.303 e. The second kappa shape index (κ2) is 7.10. The Bertz CT molecular complexity index is 676. The number of piperidine rings is 1. The molecule has 0 spiro atoms. The van der Waals surface area contributed by atoms with Gasteiger partial charge in [0.1, 0.15) is 0 Å². The summed E-state index contributed by atoms with van der Waals surface area (Å²) < 4.78 is 26.5. The van der Waals surface area contributed by atoms with Crippen LogP contribution in [-0.2, 0) is 19.6 Å². The first-order valence-corrected chi connectivity index (χ1v) is 8.82. The van der Waals surface area contributed by atoms with E-state index in [1.807, 2.05) is 0 Å². The summed E-state index contributed by atoms with van der Waals surface area (Å²) in [5, 5.41) is 11.4. The van der Waals surface area contributed by atoms with E-state index in [0.717, 1.165) is 0 Å². The molecule has 2 rings (SSSR count). The Balaban J connectivity index is 2.04. The number of hydrogen-bond acceptors (Lipinski definition) is 4. The third kappa shape index (κ3) is 4.52. The van der Waals surface area contributed by atoms with Crippen molar-refractivity contribution in [3.05, 3.63) is 24.3 Å². The van der Waals surface area contributed by atoms with Gasteiger partial charge < -0.3 is 10.4 Å². The number of hydrogen-bond donors (Lipinski definition) is 2. The Hall–Kier alpha value is -1.93. The van der Waals surface area contributed by atoms with E-state index in [0.29, 0.717) is 31.6 Å². The molecule has 1 heterocycles. The molecule has 23 heavy (non-hydrogen) atoms. The Morgan fingerprint density at radius 3 is 2.26 bits per heavy atom. The number of carbonyl (C=O) groups excluding carboxylic acids is 1. The molecule has 0 radical (unpaired) electrons. The molecule has 0 aromatic heterocycles. The predicted molar refractivity (Wildman–Crippen MR) is 84.5 cm³/mol. The van der Waals surface area contributed by atoms with Crippen LogP contribution in [0.25, 0.3) is 0 Å². The number of carboxylic acids is 1. The Kier molecular flexibility index (Phi) is 5.38. The number of benzene rings is 1. The standard InChI is InChI=1S/C15H20N2O5S/c1-11(18)16-13-2-4-14(5-3-13)23(21,22)17-8-6-12(7-9-17)10-15(19)20/h2-5,12H,6-10H2,1H3,(H,16,18)(H,19,20). The quantitative estimate of drug-likeness (QED) is 0.846. The summed E-state index contributed by atoms with van der Waals surface area (Å²) >= 11 is 0. The van der Waals surface area contributed by atoms with Gasteiger partial charge >= 0.3 is 5.97 Å². The van der Waals surface area contributed by atoms with Gasteiger partial charge in [-0.3, -0.25) is 9.59 Å². The second-order valence-electron chi connectivity index (χ2n) is 5.65. The highest BCUT2D eigenvalue weighted by atomic mass is 32.2. The van der Waals surface area contributed by atoms with Crippen molar-refractivity contribution in [3.8, 4) is 0 Å². The molecule has 1 saturated heterocycles. The lowest BCUT2D eigenvalue weighted by atomic mass is 9.95. The Morgan fingerprint density at radius 2 is 1.78 bits per heavy atom. The number of carbonyl (C=O) groups is 2. The zero-order valence-corrected chi connectivity index (χ0v) is 13.7. The summed E-state index contributed by atoms with van der Waals surface area (Å²) in [5.41, 5.74) is 0.539. The minimum atomic E-state index is -3.59. The molecule has 1 aliphatic heterocycles. The fourth-order valence-electron chi connectivity index (χ4n) is 2.66.